The number of hydrogen-bond acceptors (Lipinski definition) is 5. The highest BCUT2D eigenvalue weighted by molar-refractivity contribution is 7.89. The topological polar surface area (TPSA) is 93.5 Å². The molecule has 0 aliphatic rings. The minimum atomic E-state index is -3.70. The number of hydrogen-bond donors (Lipinski definition) is 1. The van der Waals surface area contributed by atoms with Crippen LogP contribution in [0.3, 0.4) is 0 Å². The van der Waals surface area contributed by atoms with Crippen LogP contribution < -0.4 is 10.1 Å². The molecule has 0 radical (unpaired) electrons. The number of anilines is 1. The second-order valence-electron chi connectivity index (χ2n) is 6.93. The van der Waals surface area contributed by atoms with Gasteiger partial charge >= 0.3 is 0 Å². The maximum atomic E-state index is 13.0. The fraction of sp³-hybridized carbons (Fsp3) is 0.273. The van der Waals surface area contributed by atoms with Crippen LogP contribution in [-0.2, 0) is 21.4 Å². The molecule has 1 N–H and O–H groups in total. The van der Waals surface area contributed by atoms with Gasteiger partial charge < -0.3 is 10.1 Å². The van der Waals surface area contributed by atoms with Crippen LogP contribution in [0.15, 0.2) is 65.8 Å². The second kappa shape index (κ2) is 9.76. The van der Waals surface area contributed by atoms with E-state index in [9.17, 15) is 13.2 Å². The molecule has 0 aliphatic carbocycles. The van der Waals surface area contributed by atoms with E-state index in [4.69, 9.17) is 4.74 Å². The van der Waals surface area contributed by atoms with Crippen molar-refractivity contribution in [3.63, 3.8) is 0 Å². The van der Waals surface area contributed by atoms with E-state index in [0.717, 1.165) is 5.56 Å². The lowest BCUT2D eigenvalue weighted by Crippen LogP contribution is -2.30. The van der Waals surface area contributed by atoms with Crippen molar-refractivity contribution in [2.45, 2.75) is 32.2 Å². The predicted molar refractivity (Wildman–Crippen MR) is 119 cm³/mol. The number of nitrogens with one attached hydrogen (secondary N) is 1. The summed E-state index contributed by atoms with van der Waals surface area (Å²) >= 11 is 0. The average molecular weight is 443 g/mol. The molecule has 0 saturated heterocycles. The lowest BCUT2D eigenvalue weighted by atomic mass is 10.2. The first-order chi connectivity index (χ1) is 14.8. The summed E-state index contributed by atoms with van der Waals surface area (Å²) in [6.45, 7) is 6.13. The van der Waals surface area contributed by atoms with Gasteiger partial charge in [0.2, 0.25) is 15.9 Å². The van der Waals surface area contributed by atoms with Crippen LogP contribution in [0, 0.1) is 6.92 Å². The monoisotopic (exact) mass is 442 g/mol. The molecule has 2 aromatic carbocycles. The van der Waals surface area contributed by atoms with E-state index in [0.29, 0.717) is 24.6 Å². The zero-order chi connectivity index (χ0) is 22.4. The van der Waals surface area contributed by atoms with E-state index in [2.05, 4.69) is 10.4 Å². The van der Waals surface area contributed by atoms with Gasteiger partial charge in [0.25, 0.3) is 0 Å². The summed E-state index contributed by atoms with van der Waals surface area (Å²) in [6, 6.07) is 13.5. The summed E-state index contributed by atoms with van der Waals surface area (Å²) in [5.74, 6) is 0.563. The Hall–Kier alpha value is -3.17. The molecular formula is C22H26N4O4S. The van der Waals surface area contributed by atoms with Gasteiger partial charge in [0, 0.05) is 19.3 Å². The molecule has 164 valence electrons. The quantitative estimate of drug-likeness (QED) is 0.546. The molecule has 1 aromatic heterocycles. The molecule has 0 atom stereocenters. The summed E-state index contributed by atoms with van der Waals surface area (Å²) in [5.41, 5.74) is 1.21. The maximum Gasteiger partial charge on any atom is 0.246 e. The third-order valence-electron chi connectivity index (χ3n) is 4.61. The van der Waals surface area contributed by atoms with Gasteiger partial charge in [0.05, 0.1) is 16.8 Å². The molecule has 9 heteroatoms. The van der Waals surface area contributed by atoms with Crippen molar-refractivity contribution >= 4 is 21.6 Å². The molecule has 0 fully saturated rings. The SMILES string of the molecule is CCN(CC)S(=O)(=O)c1ccc(Oc2ccccc2)c(NC(=O)Cn2cc(C)cn2)c1. The van der Waals surface area contributed by atoms with Crippen LogP contribution in [0.2, 0.25) is 0 Å². The molecule has 0 bridgehead atoms. The fourth-order valence-electron chi connectivity index (χ4n) is 3.07. The molecule has 0 saturated carbocycles. The lowest BCUT2D eigenvalue weighted by molar-refractivity contribution is -0.116. The van der Waals surface area contributed by atoms with E-state index in [-0.39, 0.29) is 23.0 Å². The molecule has 1 heterocycles. The van der Waals surface area contributed by atoms with E-state index < -0.39 is 10.0 Å². The van der Waals surface area contributed by atoms with Crippen molar-refractivity contribution in [2.24, 2.45) is 0 Å². The minimum Gasteiger partial charge on any atom is -0.455 e. The van der Waals surface area contributed by atoms with Gasteiger partial charge in [-0.15, -0.1) is 0 Å². The van der Waals surface area contributed by atoms with Crippen LogP contribution in [0.5, 0.6) is 11.5 Å². The van der Waals surface area contributed by atoms with Crippen molar-refractivity contribution in [1.82, 2.24) is 14.1 Å². The minimum absolute atomic E-state index is 0.00829. The average Bonchev–Trinajstić information content (AvgIpc) is 3.15. The maximum absolute atomic E-state index is 13.0. The standard InChI is InChI=1S/C22H26N4O4S/c1-4-26(5-2)31(28,29)19-11-12-21(30-18-9-7-6-8-10-18)20(13-19)24-22(27)16-25-15-17(3)14-23-25/h6-15H,4-5,16H2,1-3H3,(H,24,27). The highest BCUT2D eigenvalue weighted by Gasteiger charge is 2.23. The zero-order valence-corrected chi connectivity index (χ0v) is 18.6. The zero-order valence-electron chi connectivity index (χ0n) is 17.8. The summed E-state index contributed by atoms with van der Waals surface area (Å²) in [5, 5.41) is 6.88. The van der Waals surface area contributed by atoms with E-state index in [1.807, 2.05) is 25.1 Å². The summed E-state index contributed by atoms with van der Waals surface area (Å²) in [7, 11) is -3.70. The van der Waals surface area contributed by atoms with Gasteiger partial charge in [0.15, 0.2) is 5.75 Å². The number of aryl methyl sites for hydroxylation is 1. The van der Waals surface area contributed by atoms with Crippen LogP contribution in [0.25, 0.3) is 0 Å². The van der Waals surface area contributed by atoms with Gasteiger partial charge in [0.1, 0.15) is 12.3 Å². The number of carbonyl (C=O) groups is 1. The Labute approximate surface area is 182 Å². The lowest BCUT2D eigenvalue weighted by Gasteiger charge is -2.20. The van der Waals surface area contributed by atoms with Crippen LogP contribution in [-0.4, -0.2) is 41.5 Å². The molecule has 3 aromatic rings. The number of amides is 1. The summed E-state index contributed by atoms with van der Waals surface area (Å²) in [4.78, 5) is 12.7. The van der Waals surface area contributed by atoms with Crippen molar-refractivity contribution < 1.29 is 17.9 Å². The Balaban J connectivity index is 1.94. The van der Waals surface area contributed by atoms with E-state index in [1.54, 1.807) is 44.4 Å². The molecule has 8 nitrogen and oxygen atoms in total. The Kier molecular flexibility index (Phi) is 7.09. The smallest absolute Gasteiger partial charge is 0.246 e. The van der Waals surface area contributed by atoms with Gasteiger partial charge in [-0.1, -0.05) is 32.0 Å². The molecule has 0 aliphatic heterocycles. The van der Waals surface area contributed by atoms with Gasteiger partial charge in [-0.3, -0.25) is 9.48 Å². The van der Waals surface area contributed by atoms with Crippen LogP contribution in [0.1, 0.15) is 19.4 Å². The second-order valence-corrected chi connectivity index (χ2v) is 8.86. The van der Waals surface area contributed by atoms with Gasteiger partial charge in [-0.25, -0.2) is 8.42 Å². The third-order valence-corrected chi connectivity index (χ3v) is 6.65. The van der Waals surface area contributed by atoms with E-state index in [1.165, 1.54) is 21.1 Å². The first kappa shape index (κ1) is 22.5. The Morgan fingerprint density at radius 2 is 1.84 bits per heavy atom. The summed E-state index contributed by atoms with van der Waals surface area (Å²) in [6.07, 6.45) is 3.41. The number of ether oxygens (including phenoxy) is 1. The number of aromatic nitrogens is 2. The Bertz CT molecular complexity index is 1140. The first-order valence-corrected chi connectivity index (χ1v) is 11.4. The van der Waals surface area contributed by atoms with Crippen molar-refractivity contribution in [3.8, 4) is 11.5 Å². The molecule has 0 spiro atoms. The number of rotatable bonds is 9. The number of carbonyl (C=O) groups excluding carboxylic acids is 1. The number of para-hydroxylation sites is 1. The highest BCUT2D eigenvalue weighted by atomic mass is 32.2. The molecular weight excluding hydrogens is 416 g/mol. The van der Waals surface area contributed by atoms with Crippen molar-refractivity contribution in [3.05, 3.63) is 66.5 Å². The van der Waals surface area contributed by atoms with Crippen LogP contribution >= 0.6 is 0 Å². The number of sulfonamides is 1. The van der Waals surface area contributed by atoms with Gasteiger partial charge in [-0.2, -0.15) is 9.40 Å². The van der Waals surface area contributed by atoms with E-state index >= 15 is 0 Å². The molecule has 31 heavy (non-hydrogen) atoms. The molecule has 3 rings (SSSR count). The summed E-state index contributed by atoms with van der Waals surface area (Å²) < 4.78 is 34.7. The predicted octanol–water partition coefficient (Wildman–Crippen LogP) is 3.65. The number of benzene rings is 2. The Morgan fingerprint density at radius 3 is 2.45 bits per heavy atom. The van der Waals surface area contributed by atoms with Crippen molar-refractivity contribution in [2.75, 3.05) is 18.4 Å². The largest absolute Gasteiger partial charge is 0.455 e. The first-order valence-electron chi connectivity index (χ1n) is 9.99. The molecule has 1 amide bonds. The van der Waals surface area contributed by atoms with Gasteiger partial charge in [-0.05, 0) is 42.8 Å². The van der Waals surface area contributed by atoms with Crippen molar-refractivity contribution in [1.29, 1.82) is 0 Å². The Morgan fingerprint density at radius 1 is 1.13 bits per heavy atom. The fourth-order valence-corrected chi connectivity index (χ4v) is 4.56. The highest BCUT2D eigenvalue weighted by Crippen LogP contribution is 2.32. The normalized spacial score (nSPS) is 11.5. The van der Waals surface area contributed by atoms with Crippen LogP contribution in [0.4, 0.5) is 5.69 Å². The number of nitrogens with zero attached hydrogens (tertiary/aromatic N) is 3. The molecule has 0 unspecified atom stereocenters. The third kappa shape index (κ3) is 5.50.